The second kappa shape index (κ2) is 5.64. The first kappa shape index (κ1) is 13.1. The van der Waals surface area contributed by atoms with Crippen molar-refractivity contribution in [2.75, 3.05) is 6.61 Å². The van der Waals surface area contributed by atoms with E-state index in [9.17, 15) is 0 Å². The molecule has 0 aromatic heterocycles. The van der Waals surface area contributed by atoms with Gasteiger partial charge in [0.2, 0.25) is 0 Å². The highest BCUT2D eigenvalue weighted by Gasteiger charge is 2.30. The molecule has 2 heteroatoms. The smallest absolute Gasteiger partial charge is 0.0842 e. The Morgan fingerprint density at radius 3 is 2.95 bits per heavy atom. The summed E-state index contributed by atoms with van der Waals surface area (Å²) in [5, 5.41) is 0. The van der Waals surface area contributed by atoms with Crippen molar-refractivity contribution < 1.29 is 4.74 Å². The van der Waals surface area contributed by atoms with Crippen LogP contribution in [0.1, 0.15) is 49.8 Å². The minimum Gasteiger partial charge on any atom is -0.373 e. The normalized spacial score (nSPS) is 32.0. The van der Waals surface area contributed by atoms with E-state index >= 15 is 0 Å². The summed E-state index contributed by atoms with van der Waals surface area (Å²) in [5.41, 5.74) is 9.27. The molecule has 0 bridgehead atoms. The van der Waals surface area contributed by atoms with Gasteiger partial charge < -0.3 is 10.5 Å². The van der Waals surface area contributed by atoms with Crippen molar-refractivity contribution in [1.29, 1.82) is 0 Å². The number of fused-ring (bicyclic) bond motifs is 1. The Labute approximate surface area is 116 Å². The van der Waals surface area contributed by atoms with Crippen LogP contribution in [0.5, 0.6) is 0 Å². The van der Waals surface area contributed by atoms with Gasteiger partial charge in [0.05, 0.1) is 12.7 Å². The van der Waals surface area contributed by atoms with Crippen LogP contribution in [0.4, 0.5) is 0 Å². The van der Waals surface area contributed by atoms with Crippen LogP contribution in [0.2, 0.25) is 0 Å². The van der Waals surface area contributed by atoms with Gasteiger partial charge in [-0.2, -0.15) is 0 Å². The van der Waals surface area contributed by atoms with E-state index in [4.69, 9.17) is 10.5 Å². The minimum atomic E-state index is 0.218. The molecule has 1 aliphatic heterocycles. The van der Waals surface area contributed by atoms with Crippen molar-refractivity contribution in [3.63, 3.8) is 0 Å². The molecule has 19 heavy (non-hydrogen) atoms. The Kier molecular flexibility index (Phi) is 3.90. The highest BCUT2D eigenvalue weighted by Crippen LogP contribution is 2.37. The monoisotopic (exact) mass is 259 g/mol. The molecule has 0 saturated heterocycles. The Bertz CT molecular complexity index is 431. The first-order valence-corrected chi connectivity index (χ1v) is 7.69. The zero-order valence-electron chi connectivity index (χ0n) is 11.8. The van der Waals surface area contributed by atoms with Crippen molar-refractivity contribution in [2.45, 2.75) is 51.2 Å². The standard InChI is InChI=1S/C17H25NO/c1-12-6-7-14(10-12)16(18)11-17-15-5-3-2-4-13(15)8-9-19-17/h2-5,12,14,16-17H,6-11,18H2,1H3. The predicted octanol–water partition coefficient (Wildman–Crippen LogP) is 3.45. The van der Waals surface area contributed by atoms with E-state index < -0.39 is 0 Å². The van der Waals surface area contributed by atoms with E-state index in [2.05, 4.69) is 31.2 Å². The molecule has 4 unspecified atom stereocenters. The van der Waals surface area contributed by atoms with Crippen LogP contribution < -0.4 is 5.73 Å². The molecule has 0 spiro atoms. The molecular weight excluding hydrogens is 234 g/mol. The van der Waals surface area contributed by atoms with E-state index in [1.165, 1.54) is 30.4 Å². The number of ether oxygens (including phenoxy) is 1. The highest BCUT2D eigenvalue weighted by atomic mass is 16.5. The number of hydrogen-bond donors (Lipinski definition) is 1. The molecular formula is C17H25NO. The summed E-state index contributed by atoms with van der Waals surface area (Å²) in [6.07, 6.45) is 6.19. The van der Waals surface area contributed by atoms with Crippen LogP contribution in [0, 0.1) is 11.8 Å². The number of benzene rings is 1. The zero-order chi connectivity index (χ0) is 13.2. The first-order chi connectivity index (χ1) is 9.24. The summed E-state index contributed by atoms with van der Waals surface area (Å²) in [7, 11) is 0. The van der Waals surface area contributed by atoms with Gasteiger partial charge in [-0.1, -0.05) is 37.6 Å². The molecule has 2 nitrogen and oxygen atoms in total. The Hall–Kier alpha value is -0.860. The van der Waals surface area contributed by atoms with Gasteiger partial charge in [0.15, 0.2) is 0 Å². The third kappa shape index (κ3) is 2.85. The van der Waals surface area contributed by atoms with E-state index in [-0.39, 0.29) is 6.10 Å². The SMILES string of the molecule is CC1CCC(C(N)CC2OCCc3ccccc32)C1. The summed E-state index contributed by atoms with van der Waals surface area (Å²) in [6, 6.07) is 8.97. The van der Waals surface area contributed by atoms with Crippen molar-refractivity contribution in [1.82, 2.24) is 0 Å². The lowest BCUT2D eigenvalue weighted by molar-refractivity contribution is 0.0280. The summed E-state index contributed by atoms with van der Waals surface area (Å²) in [5.74, 6) is 1.56. The maximum atomic E-state index is 6.45. The van der Waals surface area contributed by atoms with Crippen molar-refractivity contribution in [3.05, 3.63) is 35.4 Å². The molecule has 1 saturated carbocycles. The first-order valence-electron chi connectivity index (χ1n) is 7.69. The fraction of sp³-hybridized carbons (Fsp3) is 0.647. The van der Waals surface area contributed by atoms with E-state index in [0.717, 1.165) is 25.4 Å². The van der Waals surface area contributed by atoms with Crippen LogP contribution >= 0.6 is 0 Å². The van der Waals surface area contributed by atoms with Crippen molar-refractivity contribution in [3.8, 4) is 0 Å². The van der Waals surface area contributed by atoms with Gasteiger partial charge >= 0.3 is 0 Å². The van der Waals surface area contributed by atoms with Crippen LogP contribution in [-0.4, -0.2) is 12.6 Å². The van der Waals surface area contributed by atoms with Crippen LogP contribution in [0.3, 0.4) is 0 Å². The van der Waals surface area contributed by atoms with Crippen molar-refractivity contribution in [2.24, 2.45) is 17.6 Å². The Morgan fingerprint density at radius 2 is 2.16 bits per heavy atom. The molecule has 1 heterocycles. The van der Waals surface area contributed by atoms with Gasteiger partial charge in [-0.05, 0) is 48.6 Å². The Balaban J connectivity index is 1.67. The van der Waals surface area contributed by atoms with Crippen LogP contribution in [-0.2, 0) is 11.2 Å². The largest absolute Gasteiger partial charge is 0.373 e. The number of nitrogens with two attached hydrogens (primary N) is 1. The van der Waals surface area contributed by atoms with Crippen LogP contribution in [0.15, 0.2) is 24.3 Å². The second-order valence-electron chi connectivity index (χ2n) is 6.39. The molecule has 104 valence electrons. The predicted molar refractivity (Wildman–Crippen MR) is 77.9 cm³/mol. The second-order valence-corrected chi connectivity index (χ2v) is 6.39. The summed E-state index contributed by atoms with van der Waals surface area (Å²) < 4.78 is 5.98. The summed E-state index contributed by atoms with van der Waals surface area (Å²) in [6.45, 7) is 3.19. The molecule has 1 aliphatic carbocycles. The summed E-state index contributed by atoms with van der Waals surface area (Å²) >= 11 is 0. The third-order valence-corrected chi connectivity index (χ3v) is 4.92. The molecule has 4 atom stereocenters. The highest BCUT2D eigenvalue weighted by molar-refractivity contribution is 5.31. The Morgan fingerprint density at radius 1 is 1.32 bits per heavy atom. The van der Waals surface area contributed by atoms with Gasteiger partial charge in [0.25, 0.3) is 0 Å². The topological polar surface area (TPSA) is 35.2 Å². The molecule has 1 aromatic carbocycles. The van der Waals surface area contributed by atoms with Gasteiger partial charge in [-0.25, -0.2) is 0 Å². The molecule has 0 amide bonds. The molecule has 1 aromatic rings. The fourth-order valence-electron chi connectivity index (χ4n) is 3.75. The fourth-order valence-corrected chi connectivity index (χ4v) is 3.75. The average Bonchev–Trinajstić information content (AvgIpc) is 2.86. The zero-order valence-corrected chi connectivity index (χ0v) is 11.8. The summed E-state index contributed by atoms with van der Waals surface area (Å²) in [4.78, 5) is 0. The lowest BCUT2D eigenvalue weighted by Gasteiger charge is -2.30. The van der Waals surface area contributed by atoms with Gasteiger partial charge in [-0.3, -0.25) is 0 Å². The minimum absolute atomic E-state index is 0.218. The molecule has 2 aliphatic rings. The molecule has 1 fully saturated rings. The molecule has 0 radical (unpaired) electrons. The quantitative estimate of drug-likeness (QED) is 0.902. The van der Waals surface area contributed by atoms with E-state index in [1.807, 2.05) is 0 Å². The van der Waals surface area contributed by atoms with Crippen LogP contribution in [0.25, 0.3) is 0 Å². The molecule has 2 N–H and O–H groups in total. The molecule has 3 rings (SSSR count). The average molecular weight is 259 g/mol. The van der Waals surface area contributed by atoms with Crippen molar-refractivity contribution >= 4 is 0 Å². The maximum absolute atomic E-state index is 6.45. The van der Waals surface area contributed by atoms with Gasteiger partial charge in [-0.15, -0.1) is 0 Å². The lowest BCUT2D eigenvalue weighted by Crippen LogP contribution is -2.32. The number of rotatable bonds is 3. The lowest BCUT2D eigenvalue weighted by atomic mass is 9.88. The van der Waals surface area contributed by atoms with Gasteiger partial charge in [0, 0.05) is 6.04 Å². The van der Waals surface area contributed by atoms with E-state index in [0.29, 0.717) is 12.0 Å². The maximum Gasteiger partial charge on any atom is 0.0842 e. The number of hydrogen-bond acceptors (Lipinski definition) is 2. The van der Waals surface area contributed by atoms with Gasteiger partial charge in [0.1, 0.15) is 0 Å². The third-order valence-electron chi connectivity index (χ3n) is 4.92. The van der Waals surface area contributed by atoms with E-state index in [1.54, 1.807) is 0 Å².